The van der Waals surface area contributed by atoms with E-state index in [1.807, 2.05) is 18.7 Å². The number of ketones is 1. The maximum atomic E-state index is 11.5. The van der Waals surface area contributed by atoms with Crippen LogP contribution in [0.1, 0.15) is 13.8 Å². The van der Waals surface area contributed by atoms with E-state index in [-0.39, 0.29) is 11.7 Å². The van der Waals surface area contributed by atoms with E-state index in [2.05, 4.69) is 0 Å². The Hall–Kier alpha value is -0.460. The van der Waals surface area contributed by atoms with Gasteiger partial charge in [-0.05, 0) is 0 Å². The number of piperazine rings is 1. The Morgan fingerprint density at radius 3 is 2.06 bits per heavy atom. The third kappa shape index (κ3) is 3.84. The first kappa shape index (κ1) is 13.6. The van der Waals surface area contributed by atoms with Gasteiger partial charge in [-0.2, -0.15) is 4.31 Å². The van der Waals surface area contributed by atoms with Crippen LogP contribution in [-0.2, 0) is 14.8 Å². The maximum Gasteiger partial charge on any atom is 0.211 e. The van der Waals surface area contributed by atoms with Crippen LogP contribution in [0.5, 0.6) is 0 Å². The minimum absolute atomic E-state index is 0.0490. The molecule has 1 saturated heterocycles. The van der Waals surface area contributed by atoms with Gasteiger partial charge in [-0.3, -0.25) is 9.69 Å². The molecule has 1 aliphatic rings. The smallest absolute Gasteiger partial charge is 0.211 e. The molecular formula is C10H20N2O3S. The monoisotopic (exact) mass is 248 g/mol. The molecule has 0 saturated carbocycles. The fourth-order valence-corrected chi connectivity index (χ4v) is 2.45. The van der Waals surface area contributed by atoms with Crippen molar-refractivity contribution < 1.29 is 13.2 Å². The van der Waals surface area contributed by atoms with Gasteiger partial charge in [0.05, 0.1) is 12.8 Å². The van der Waals surface area contributed by atoms with Crippen LogP contribution >= 0.6 is 0 Å². The van der Waals surface area contributed by atoms with Gasteiger partial charge in [0, 0.05) is 32.1 Å². The third-order valence-electron chi connectivity index (χ3n) is 2.82. The molecule has 0 amide bonds. The summed E-state index contributed by atoms with van der Waals surface area (Å²) in [4.78, 5) is 13.5. The fraction of sp³-hybridized carbons (Fsp3) is 0.900. The van der Waals surface area contributed by atoms with E-state index in [0.29, 0.717) is 32.7 Å². The fourth-order valence-electron chi connectivity index (χ4n) is 1.62. The van der Waals surface area contributed by atoms with Crippen molar-refractivity contribution in [3.8, 4) is 0 Å². The van der Waals surface area contributed by atoms with Crippen molar-refractivity contribution in [1.82, 2.24) is 9.21 Å². The summed E-state index contributed by atoms with van der Waals surface area (Å²) < 4.78 is 24.0. The average Bonchev–Trinajstić information content (AvgIpc) is 2.17. The predicted molar refractivity (Wildman–Crippen MR) is 62.7 cm³/mol. The van der Waals surface area contributed by atoms with E-state index in [4.69, 9.17) is 0 Å². The number of Topliss-reactive ketones (excluding diaryl/α,β-unsaturated/α-hetero) is 1. The van der Waals surface area contributed by atoms with Crippen LogP contribution in [-0.4, -0.2) is 62.4 Å². The summed E-state index contributed by atoms with van der Waals surface area (Å²) in [5.74, 6) is 0.265. The number of rotatable bonds is 4. The second-order valence-corrected chi connectivity index (χ2v) is 6.54. The predicted octanol–water partition coefficient (Wildman–Crippen LogP) is -0.211. The Kier molecular flexibility index (Phi) is 4.46. The summed E-state index contributed by atoms with van der Waals surface area (Å²) in [5, 5.41) is 0. The molecule has 0 aromatic heterocycles. The summed E-state index contributed by atoms with van der Waals surface area (Å²) in [6.07, 6.45) is 1.22. The SMILES string of the molecule is CC(C)C(=O)CN1CCN(S(C)(=O)=O)CC1. The van der Waals surface area contributed by atoms with E-state index < -0.39 is 10.0 Å². The van der Waals surface area contributed by atoms with Crippen LogP contribution in [0.15, 0.2) is 0 Å². The maximum absolute atomic E-state index is 11.5. The van der Waals surface area contributed by atoms with E-state index in [1.165, 1.54) is 10.6 Å². The van der Waals surface area contributed by atoms with Gasteiger partial charge in [-0.15, -0.1) is 0 Å². The molecular weight excluding hydrogens is 228 g/mol. The Morgan fingerprint density at radius 2 is 1.69 bits per heavy atom. The van der Waals surface area contributed by atoms with E-state index in [9.17, 15) is 13.2 Å². The van der Waals surface area contributed by atoms with Crippen molar-refractivity contribution in [3.63, 3.8) is 0 Å². The number of carbonyl (C=O) groups is 1. The van der Waals surface area contributed by atoms with Gasteiger partial charge in [0.2, 0.25) is 10.0 Å². The first-order valence-electron chi connectivity index (χ1n) is 5.51. The van der Waals surface area contributed by atoms with Gasteiger partial charge >= 0.3 is 0 Å². The number of hydrogen-bond acceptors (Lipinski definition) is 4. The molecule has 0 N–H and O–H groups in total. The van der Waals surface area contributed by atoms with Gasteiger partial charge in [0.25, 0.3) is 0 Å². The Bertz CT molecular complexity index is 343. The molecule has 16 heavy (non-hydrogen) atoms. The van der Waals surface area contributed by atoms with Gasteiger partial charge in [0.15, 0.2) is 0 Å². The lowest BCUT2D eigenvalue weighted by Gasteiger charge is -2.32. The lowest BCUT2D eigenvalue weighted by Crippen LogP contribution is -2.49. The molecule has 94 valence electrons. The van der Waals surface area contributed by atoms with Crippen LogP contribution in [0, 0.1) is 5.92 Å². The highest BCUT2D eigenvalue weighted by Crippen LogP contribution is 2.07. The highest BCUT2D eigenvalue weighted by atomic mass is 32.2. The summed E-state index contributed by atoms with van der Waals surface area (Å²) in [7, 11) is -3.07. The minimum Gasteiger partial charge on any atom is -0.298 e. The van der Waals surface area contributed by atoms with Crippen molar-refractivity contribution in [2.75, 3.05) is 39.0 Å². The van der Waals surface area contributed by atoms with Crippen molar-refractivity contribution in [2.24, 2.45) is 5.92 Å². The van der Waals surface area contributed by atoms with E-state index in [1.54, 1.807) is 0 Å². The van der Waals surface area contributed by atoms with Crippen molar-refractivity contribution >= 4 is 15.8 Å². The Labute approximate surface area is 97.5 Å². The lowest BCUT2D eigenvalue weighted by atomic mass is 10.1. The zero-order valence-corrected chi connectivity index (χ0v) is 11.0. The zero-order valence-electron chi connectivity index (χ0n) is 10.1. The van der Waals surface area contributed by atoms with Crippen LogP contribution in [0.3, 0.4) is 0 Å². The molecule has 0 aromatic rings. The zero-order chi connectivity index (χ0) is 12.3. The number of sulfonamides is 1. The van der Waals surface area contributed by atoms with Gasteiger partial charge < -0.3 is 0 Å². The number of carbonyl (C=O) groups excluding carboxylic acids is 1. The van der Waals surface area contributed by atoms with Crippen LogP contribution < -0.4 is 0 Å². The third-order valence-corrected chi connectivity index (χ3v) is 4.13. The van der Waals surface area contributed by atoms with E-state index >= 15 is 0 Å². The number of hydrogen-bond donors (Lipinski definition) is 0. The second kappa shape index (κ2) is 5.25. The molecule has 6 heteroatoms. The minimum atomic E-state index is -3.07. The van der Waals surface area contributed by atoms with Gasteiger partial charge in [-0.1, -0.05) is 13.8 Å². The standard InChI is InChI=1S/C10H20N2O3S/c1-9(2)10(13)8-11-4-6-12(7-5-11)16(3,14)15/h9H,4-8H2,1-3H3. The molecule has 0 spiro atoms. The van der Waals surface area contributed by atoms with Crippen molar-refractivity contribution in [2.45, 2.75) is 13.8 Å². The van der Waals surface area contributed by atoms with Crippen molar-refractivity contribution in [1.29, 1.82) is 0 Å². The highest BCUT2D eigenvalue weighted by Gasteiger charge is 2.24. The normalized spacial score (nSPS) is 20.2. The molecule has 1 fully saturated rings. The molecule has 0 atom stereocenters. The van der Waals surface area contributed by atoms with Crippen molar-refractivity contribution in [3.05, 3.63) is 0 Å². The molecule has 0 aromatic carbocycles. The summed E-state index contributed by atoms with van der Waals surface area (Å²) in [5.41, 5.74) is 0. The molecule has 1 rings (SSSR count). The van der Waals surface area contributed by atoms with Gasteiger partial charge in [-0.25, -0.2) is 8.42 Å². The Morgan fingerprint density at radius 1 is 1.19 bits per heavy atom. The van der Waals surface area contributed by atoms with Crippen LogP contribution in [0.2, 0.25) is 0 Å². The average molecular weight is 248 g/mol. The van der Waals surface area contributed by atoms with Crippen LogP contribution in [0.4, 0.5) is 0 Å². The van der Waals surface area contributed by atoms with Crippen LogP contribution in [0.25, 0.3) is 0 Å². The number of nitrogens with zero attached hydrogens (tertiary/aromatic N) is 2. The largest absolute Gasteiger partial charge is 0.298 e. The summed E-state index contributed by atoms with van der Waals surface area (Å²) in [6, 6.07) is 0. The molecule has 0 radical (unpaired) electrons. The molecule has 0 bridgehead atoms. The molecule has 5 nitrogen and oxygen atoms in total. The quantitative estimate of drug-likeness (QED) is 0.691. The van der Waals surface area contributed by atoms with Gasteiger partial charge in [0.1, 0.15) is 5.78 Å². The summed E-state index contributed by atoms with van der Waals surface area (Å²) in [6.45, 7) is 6.48. The summed E-state index contributed by atoms with van der Waals surface area (Å²) >= 11 is 0. The highest BCUT2D eigenvalue weighted by molar-refractivity contribution is 7.88. The molecule has 1 aliphatic heterocycles. The first-order valence-corrected chi connectivity index (χ1v) is 7.35. The molecule has 0 unspecified atom stereocenters. The lowest BCUT2D eigenvalue weighted by molar-refractivity contribution is -0.123. The Balaban J connectivity index is 2.41. The molecule has 0 aliphatic carbocycles. The molecule has 1 heterocycles. The van der Waals surface area contributed by atoms with E-state index in [0.717, 1.165) is 0 Å². The first-order chi connectivity index (χ1) is 7.30. The topological polar surface area (TPSA) is 57.7 Å². The second-order valence-electron chi connectivity index (χ2n) is 4.56.